The molecule has 0 saturated carbocycles. The van der Waals surface area contributed by atoms with Gasteiger partial charge in [-0.1, -0.05) is 60.1 Å². The fraction of sp³-hybridized carbons (Fsp3) is 0.231. The summed E-state index contributed by atoms with van der Waals surface area (Å²) in [5, 5.41) is 8.02. The SMILES string of the molecule is Cc1nn(Cc2ccccc2Cl)c(C)c1C(=O)OCC(=O)N[C@@H](c1ccccc1)c1nccn1C. The molecule has 2 aromatic carbocycles. The van der Waals surface area contributed by atoms with E-state index in [4.69, 9.17) is 16.3 Å². The Morgan fingerprint density at radius 2 is 1.80 bits per heavy atom. The first kappa shape index (κ1) is 24.2. The van der Waals surface area contributed by atoms with Crippen LogP contribution in [0.3, 0.4) is 0 Å². The highest BCUT2D eigenvalue weighted by molar-refractivity contribution is 6.31. The predicted molar refractivity (Wildman–Crippen MR) is 132 cm³/mol. The van der Waals surface area contributed by atoms with Crippen molar-refractivity contribution in [3.63, 3.8) is 0 Å². The Kier molecular flexibility index (Phi) is 7.31. The van der Waals surface area contributed by atoms with Gasteiger partial charge in [-0.2, -0.15) is 5.10 Å². The maximum absolute atomic E-state index is 12.9. The summed E-state index contributed by atoms with van der Waals surface area (Å²) >= 11 is 6.27. The van der Waals surface area contributed by atoms with Gasteiger partial charge in [-0.3, -0.25) is 9.48 Å². The molecule has 0 fully saturated rings. The number of nitrogens with one attached hydrogen (secondary N) is 1. The molecular formula is C26H26ClN5O3. The first-order valence-electron chi connectivity index (χ1n) is 11.1. The molecule has 2 heterocycles. The minimum atomic E-state index is -0.603. The van der Waals surface area contributed by atoms with E-state index in [2.05, 4.69) is 15.4 Å². The quantitative estimate of drug-likeness (QED) is 0.376. The van der Waals surface area contributed by atoms with Gasteiger partial charge in [-0.05, 0) is 31.0 Å². The smallest absolute Gasteiger partial charge is 0.342 e. The molecule has 0 aliphatic carbocycles. The maximum Gasteiger partial charge on any atom is 0.342 e. The number of amides is 1. The highest BCUT2D eigenvalue weighted by Crippen LogP contribution is 2.21. The topological polar surface area (TPSA) is 91.0 Å². The highest BCUT2D eigenvalue weighted by atomic mass is 35.5. The van der Waals surface area contributed by atoms with E-state index in [0.717, 1.165) is 11.1 Å². The van der Waals surface area contributed by atoms with E-state index >= 15 is 0 Å². The first-order chi connectivity index (χ1) is 16.8. The Balaban J connectivity index is 1.44. The number of carbonyl (C=O) groups excluding carboxylic acids is 2. The molecule has 4 rings (SSSR count). The molecule has 9 heteroatoms. The lowest BCUT2D eigenvalue weighted by molar-refractivity contribution is -0.124. The molecule has 180 valence electrons. The fourth-order valence-corrected chi connectivity index (χ4v) is 4.13. The van der Waals surface area contributed by atoms with Crippen molar-refractivity contribution in [2.24, 2.45) is 7.05 Å². The van der Waals surface area contributed by atoms with Gasteiger partial charge in [0.15, 0.2) is 6.61 Å². The second kappa shape index (κ2) is 10.6. The number of imidazole rings is 1. The minimum Gasteiger partial charge on any atom is -0.452 e. The Bertz CT molecular complexity index is 1350. The molecule has 0 unspecified atom stereocenters. The third-order valence-corrected chi connectivity index (χ3v) is 6.12. The van der Waals surface area contributed by atoms with Crippen molar-refractivity contribution in [2.75, 3.05) is 6.61 Å². The number of benzene rings is 2. The van der Waals surface area contributed by atoms with Crippen LogP contribution >= 0.6 is 11.6 Å². The number of carbonyl (C=O) groups is 2. The van der Waals surface area contributed by atoms with Crippen LogP contribution in [-0.4, -0.2) is 37.8 Å². The molecule has 0 spiro atoms. The minimum absolute atomic E-state index is 0.341. The molecule has 0 aliphatic heterocycles. The summed E-state index contributed by atoms with van der Waals surface area (Å²) in [5.41, 5.74) is 3.26. The number of hydrogen-bond donors (Lipinski definition) is 1. The number of halogens is 1. The van der Waals surface area contributed by atoms with Crippen molar-refractivity contribution in [2.45, 2.75) is 26.4 Å². The van der Waals surface area contributed by atoms with E-state index in [1.54, 1.807) is 24.7 Å². The zero-order valence-electron chi connectivity index (χ0n) is 19.7. The average molecular weight is 492 g/mol. The molecule has 1 N–H and O–H groups in total. The monoisotopic (exact) mass is 491 g/mol. The second-order valence-corrected chi connectivity index (χ2v) is 8.59. The first-order valence-corrected chi connectivity index (χ1v) is 11.5. The molecule has 2 aromatic heterocycles. The second-order valence-electron chi connectivity index (χ2n) is 8.18. The number of ether oxygens (including phenoxy) is 1. The van der Waals surface area contributed by atoms with Crippen LogP contribution in [-0.2, 0) is 23.1 Å². The molecule has 0 radical (unpaired) electrons. The summed E-state index contributed by atoms with van der Waals surface area (Å²) in [7, 11) is 1.86. The van der Waals surface area contributed by atoms with Crippen molar-refractivity contribution in [1.29, 1.82) is 0 Å². The number of esters is 1. The van der Waals surface area contributed by atoms with Gasteiger partial charge in [-0.15, -0.1) is 0 Å². The van der Waals surface area contributed by atoms with E-state index in [1.165, 1.54) is 0 Å². The summed E-state index contributed by atoms with van der Waals surface area (Å²) in [5.74, 6) is -0.369. The predicted octanol–water partition coefficient (Wildman–Crippen LogP) is 4.00. The third kappa shape index (κ3) is 5.44. The van der Waals surface area contributed by atoms with Crippen molar-refractivity contribution in [1.82, 2.24) is 24.6 Å². The number of aryl methyl sites for hydroxylation is 2. The van der Waals surface area contributed by atoms with Gasteiger partial charge in [0.2, 0.25) is 0 Å². The summed E-state index contributed by atoms with van der Waals surface area (Å²) in [6, 6.07) is 16.5. The molecule has 1 atom stereocenters. The summed E-state index contributed by atoms with van der Waals surface area (Å²) in [4.78, 5) is 30.0. The molecule has 0 saturated heterocycles. The number of aromatic nitrogens is 4. The lowest BCUT2D eigenvalue weighted by atomic mass is 10.1. The van der Waals surface area contributed by atoms with Crippen LogP contribution in [0.15, 0.2) is 67.0 Å². The fourth-order valence-electron chi connectivity index (χ4n) is 3.94. The van der Waals surface area contributed by atoms with Gasteiger partial charge in [0, 0.05) is 24.5 Å². The Morgan fingerprint density at radius 3 is 2.49 bits per heavy atom. The molecule has 35 heavy (non-hydrogen) atoms. The van der Waals surface area contributed by atoms with Crippen molar-refractivity contribution in [3.8, 4) is 0 Å². The van der Waals surface area contributed by atoms with Gasteiger partial charge < -0.3 is 14.6 Å². The maximum atomic E-state index is 12.9. The zero-order chi connectivity index (χ0) is 24.9. The van der Waals surface area contributed by atoms with Crippen LogP contribution in [0.25, 0.3) is 0 Å². The summed E-state index contributed by atoms with van der Waals surface area (Å²) in [6.45, 7) is 3.52. The number of nitrogens with zero attached hydrogens (tertiary/aromatic N) is 4. The Morgan fingerprint density at radius 1 is 1.09 bits per heavy atom. The Labute approximate surface area is 208 Å². The van der Waals surface area contributed by atoms with Crippen LogP contribution in [0.2, 0.25) is 5.02 Å². The van der Waals surface area contributed by atoms with Crippen LogP contribution in [0.5, 0.6) is 0 Å². The van der Waals surface area contributed by atoms with Gasteiger partial charge in [-0.25, -0.2) is 9.78 Å². The van der Waals surface area contributed by atoms with Crippen LogP contribution < -0.4 is 5.32 Å². The van der Waals surface area contributed by atoms with Gasteiger partial charge in [0.25, 0.3) is 5.91 Å². The zero-order valence-corrected chi connectivity index (χ0v) is 20.5. The number of rotatable bonds is 8. The lowest BCUT2D eigenvalue weighted by Gasteiger charge is -2.19. The van der Waals surface area contributed by atoms with Crippen LogP contribution in [0.4, 0.5) is 0 Å². The average Bonchev–Trinajstić information content (AvgIpc) is 3.39. The molecular weight excluding hydrogens is 466 g/mol. The normalized spacial score (nSPS) is 11.8. The largest absolute Gasteiger partial charge is 0.452 e. The molecule has 4 aromatic rings. The van der Waals surface area contributed by atoms with Crippen LogP contribution in [0.1, 0.15) is 44.7 Å². The molecule has 0 aliphatic rings. The number of hydrogen-bond acceptors (Lipinski definition) is 5. The Hall–Kier alpha value is -3.91. The molecule has 1 amide bonds. The van der Waals surface area contributed by atoms with Gasteiger partial charge in [0.1, 0.15) is 17.4 Å². The summed E-state index contributed by atoms with van der Waals surface area (Å²) in [6.07, 6.45) is 3.48. The van der Waals surface area contributed by atoms with E-state index in [0.29, 0.717) is 34.3 Å². The standard InChI is InChI=1S/C26H26ClN5O3/c1-17-23(18(2)32(30-17)15-20-11-7-8-12-21(20)27)26(34)35-16-22(33)29-24(19-9-5-4-6-10-19)25-28-13-14-31(25)3/h4-14,24H,15-16H2,1-3H3,(H,29,33)/t24-/m0/s1. The van der Waals surface area contributed by atoms with Gasteiger partial charge >= 0.3 is 5.97 Å². The van der Waals surface area contributed by atoms with Crippen LogP contribution in [0, 0.1) is 13.8 Å². The summed E-state index contributed by atoms with van der Waals surface area (Å²) < 4.78 is 8.91. The van der Waals surface area contributed by atoms with Crippen molar-refractivity contribution < 1.29 is 14.3 Å². The van der Waals surface area contributed by atoms with Crippen molar-refractivity contribution >= 4 is 23.5 Å². The van der Waals surface area contributed by atoms with Gasteiger partial charge in [0.05, 0.1) is 17.9 Å². The van der Waals surface area contributed by atoms with E-state index < -0.39 is 24.5 Å². The molecule has 0 bridgehead atoms. The molecule has 8 nitrogen and oxygen atoms in total. The van der Waals surface area contributed by atoms with E-state index in [-0.39, 0.29) is 0 Å². The van der Waals surface area contributed by atoms with E-state index in [9.17, 15) is 9.59 Å². The lowest BCUT2D eigenvalue weighted by Crippen LogP contribution is -2.34. The highest BCUT2D eigenvalue weighted by Gasteiger charge is 2.24. The third-order valence-electron chi connectivity index (χ3n) is 5.75. The van der Waals surface area contributed by atoms with E-state index in [1.807, 2.05) is 72.4 Å². The van der Waals surface area contributed by atoms with Crippen molar-refractivity contribution in [3.05, 3.63) is 106 Å².